The second kappa shape index (κ2) is 7.16. The molecule has 5 heteroatoms. The second-order valence-corrected chi connectivity index (χ2v) is 5.16. The normalized spacial score (nSPS) is 12.9. The maximum atomic E-state index is 11.5. The van der Waals surface area contributed by atoms with E-state index in [1.54, 1.807) is 20.8 Å². The van der Waals surface area contributed by atoms with Crippen LogP contribution in [-0.2, 0) is 14.3 Å². The molecule has 104 valence electrons. The van der Waals surface area contributed by atoms with Gasteiger partial charge in [0.25, 0.3) is 0 Å². The van der Waals surface area contributed by atoms with Gasteiger partial charge in [0, 0.05) is 12.0 Å². The third-order valence-electron chi connectivity index (χ3n) is 2.35. The molecule has 0 fully saturated rings. The van der Waals surface area contributed by atoms with E-state index >= 15 is 0 Å². The minimum absolute atomic E-state index is 0.178. The van der Waals surface area contributed by atoms with Crippen molar-refractivity contribution in [2.75, 3.05) is 6.54 Å². The van der Waals surface area contributed by atoms with Gasteiger partial charge in [0.15, 0.2) is 0 Å². The van der Waals surface area contributed by atoms with Crippen LogP contribution in [0.1, 0.15) is 47.0 Å². The maximum Gasteiger partial charge on any atom is 0.331 e. The van der Waals surface area contributed by atoms with Gasteiger partial charge in [-0.25, -0.2) is 4.79 Å². The Kier molecular flexibility index (Phi) is 6.62. The van der Waals surface area contributed by atoms with Crippen LogP contribution in [0.3, 0.4) is 0 Å². The summed E-state index contributed by atoms with van der Waals surface area (Å²) in [7, 11) is 0. The number of ether oxygens (including phenoxy) is 1. The fourth-order valence-corrected chi connectivity index (χ4v) is 1.47. The number of esters is 1. The molecule has 0 radical (unpaired) electrons. The summed E-state index contributed by atoms with van der Waals surface area (Å²) in [5, 5.41) is 8.92. The first-order chi connectivity index (χ1) is 8.17. The molecule has 3 N–H and O–H groups in total. The summed E-state index contributed by atoms with van der Waals surface area (Å²) in [6.07, 6.45) is 1.04. The van der Waals surface area contributed by atoms with Crippen LogP contribution in [0.25, 0.3) is 0 Å². The van der Waals surface area contributed by atoms with Gasteiger partial charge in [-0.3, -0.25) is 4.79 Å². The highest BCUT2D eigenvalue weighted by Gasteiger charge is 2.17. The highest BCUT2D eigenvalue weighted by atomic mass is 16.6. The maximum absolute atomic E-state index is 11.5. The van der Waals surface area contributed by atoms with Crippen LogP contribution < -0.4 is 5.73 Å². The van der Waals surface area contributed by atoms with Gasteiger partial charge in [-0.2, -0.15) is 0 Å². The molecule has 0 bridgehead atoms. The lowest BCUT2D eigenvalue weighted by Gasteiger charge is -2.19. The zero-order chi connectivity index (χ0) is 14.3. The van der Waals surface area contributed by atoms with Gasteiger partial charge in [-0.1, -0.05) is 5.57 Å². The molecule has 0 rings (SSSR count). The minimum atomic E-state index is -0.970. The molecule has 0 aromatic rings. The van der Waals surface area contributed by atoms with Crippen LogP contribution in [0.4, 0.5) is 0 Å². The number of hydrogen-bond acceptors (Lipinski definition) is 4. The number of rotatable bonds is 6. The van der Waals surface area contributed by atoms with Crippen LogP contribution >= 0.6 is 0 Å². The lowest BCUT2D eigenvalue weighted by Crippen LogP contribution is -2.23. The number of carbonyl (C=O) groups excluding carboxylic acids is 1. The van der Waals surface area contributed by atoms with Crippen LogP contribution in [0.2, 0.25) is 0 Å². The molecule has 0 aliphatic rings. The van der Waals surface area contributed by atoms with Gasteiger partial charge < -0.3 is 15.6 Å². The van der Waals surface area contributed by atoms with E-state index in [1.165, 1.54) is 6.92 Å². The van der Waals surface area contributed by atoms with Crippen molar-refractivity contribution in [2.45, 2.75) is 52.6 Å². The summed E-state index contributed by atoms with van der Waals surface area (Å²) >= 11 is 0. The first kappa shape index (κ1) is 16.6. The molecule has 0 spiro atoms. The monoisotopic (exact) mass is 257 g/mol. The Labute approximate surface area is 108 Å². The molecule has 0 aliphatic heterocycles. The van der Waals surface area contributed by atoms with E-state index in [-0.39, 0.29) is 18.0 Å². The number of nitrogens with two attached hydrogens (primary N) is 1. The van der Waals surface area contributed by atoms with Crippen molar-refractivity contribution in [2.24, 2.45) is 5.73 Å². The molecule has 0 unspecified atom stereocenters. The largest absolute Gasteiger partial charge is 0.478 e. The van der Waals surface area contributed by atoms with Crippen molar-refractivity contribution < 1.29 is 19.4 Å². The molecular formula is C13H23NO4. The number of aliphatic carboxylic acids is 1. The quantitative estimate of drug-likeness (QED) is 0.560. The van der Waals surface area contributed by atoms with Crippen LogP contribution in [0.15, 0.2) is 11.1 Å². The number of carboxylic acids is 1. The Bertz CT molecular complexity index is 339. The number of hydrogen-bond donors (Lipinski definition) is 2. The molecule has 0 saturated carbocycles. The molecule has 0 heterocycles. The summed E-state index contributed by atoms with van der Waals surface area (Å²) in [6.45, 7) is 7.29. The Morgan fingerprint density at radius 1 is 1.17 bits per heavy atom. The fraction of sp³-hybridized carbons (Fsp3) is 0.692. The first-order valence-electron chi connectivity index (χ1n) is 6.01. The predicted octanol–water partition coefficient (Wildman–Crippen LogP) is 1.86. The summed E-state index contributed by atoms with van der Waals surface area (Å²) in [4.78, 5) is 22.4. The first-order valence-corrected chi connectivity index (χ1v) is 6.01. The summed E-state index contributed by atoms with van der Waals surface area (Å²) in [6, 6.07) is 0. The minimum Gasteiger partial charge on any atom is -0.478 e. The van der Waals surface area contributed by atoms with Crippen molar-refractivity contribution in [3.63, 3.8) is 0 Å². The Morgan fingerprint density at radius 3 is 2.11 bits per heavy atom. The van der Waals surface area contributed by atoms with Crippen molar-refractivity contribution in [1.29, 1.82) is 0 Å². The van der Waals surface area contributed by atoms with E-state index in [9.17, 15) is 9.59 Å². The third-order valence-corrected chi connectivity index (χ3v) is 2.35. The zero-order valence-electron chi connectivity index (χ0n) is 11.6. The third kappa shape index (κ3) is 7.06. The summed E-state index contributed by atoms with van der Waals surface area (Å²) in [5.41, 5.74) is 5.89. The topological polar surface area (TPSA) is 89.6 Å². The molecular weight excluding hydrogens is 234 g/mol. The van der Waals surface area contributed by atoms with E-state index < -0.39 is 11.6 Å². The van der Waals surface area contributed by atoms with Gasteiger partial charge in [0.05, 0.1) is 0 Å². The standard InChI is InChI=1S/C13H23NO4/c1-9(12(16)17)10(7-8-14)5-6-11(15)18-13(2,3)4/h5-8,14H2,1-4H3,(H,16,17)/b10-9-. The fourth-order valence-electron chi connectivity index (χ4n) is 1.47. The highest BCUT2D eigenvalue weighted by Crippen LogP contribution is 2.17. The molecule has 0 aromatic carbocycles. The van der Waals surface area contributed by atoms with E-state index in [2.05, 4.69) is 0 Å². The molecule has 5 nitrogen and oxygen atoms in total. The molecule has 0 aromatic heterocycles. The Balaban J connectivity index is 4.51. The van der Waals surface area contributed by atoms with Crippen molar-refractivity contribution in [3.8, 4) is 0 Å². The predicted molar refractivity (Wildman–Crippen MR) is 69.1 cm³/mol. The molecule has 0 amide bonds. The van der Waals surface area contributed by atoms with Gasteiger partial charge in [-0.05, 0) is 47.1 Å². The van der Waals surface area contributed by atoms with Crippen LogP contribution in [-0.4, -0.2) is 29.2 Å². The SMILES string of the molecule is C/C(C(=O)O)=C(/CCN)CCC(=O)OC(C)(C)C. The Morgan fingerprint density at radius 2 is 1.72 bits per heavy atom. The number of carbonyl (C=O) groups is 2. The lowest BCUT2D eigenvalue weighted by atomic mass is 10.0. The second-order valence-electron chi connectivity index (χ2n) is 5.16. The summed E-state index contributed by atoms with van der Waals surface area (Å²) in [5.74, 6) is -1.29. The van der Waals surface area contributed by atoms with Crippen molar-refractivity contribution >= 4 is 11.9 Å². The zero-order valence-corrected chi connectivity index (χ0v) is 11.6. The summed E-state index contributed by atoms with van der Waals surface area (Å²) < 4.78 is 5.17. The van der Waals surface area contributed by atoms with Crippen molar-refractivity contribution in [1.82, 2.24) is 0 Å². The average Bonchev–Trinajstić information content (AvgIpc) is 2.20. The van der Waals surface area contributed by atoms with Crippen LogP contribution in [0, 0.1) is 0 Å². The van der Waals surface area contributed by atoms with Gasteiger partial charge in [-0.15, -0.1) is 0 Å². The molecule has 18 heavy (non-hydrogen) atoms. The highest BCUT2D eigenvalue weighted by molar-refractivity contribution is 5.87. The van der Waals surface area contributed by atoms with E-state index in [1.807, 2.05) is 0 Å². The number of carboxylic acid groups (broad SMARTS) is 1. The molecule has 0 aliphatic carbocycles. The van der Waals surface area contributed by atoms with Gasteiger partial charge >= 0.3 is 11.9 Å². The van der Waals surface area contributed by atoms with Crippen molar-refractivity contribution in [3.05, 3.63) is 11.1 Å². The molecule has 0 saturated heterocycles. The lowest BCUT2D eigenvalue weighted by molar-refractivity contribution is -0.154. The average molecular weight is 257 g/mol. The van der Waals surface area contributed by atoms with Gasteiger partial charge in [0.2, 0.25) is 0 Å². The van der Waals surface area contributed by atoms with E-state index in [0.717, 1.165) is 0 Å². The van der Waals surface area contributed by atoms with Gasteiger partial charge in [0.1, 0.15) is 5.60 Å². The van der Waals surface area contributed by atoms with Crippen LogP contribution in [0.5, 0.6) is 0 Å². The smallest absolute Gasteiger partial charge is 0.331 e. The van der Waals surface area contributed by atoms with E-state index in [0.29, 0.717) is 25.0 Å². The van der Waals surface area contributed by atoms with E-state index in [4.69, 9.17) is 15.6 Å². The molecule has 0 atom stereocenters. The Hall–Kier alpha value is -1.36.